The summed E-state index contributed by atoms with van der Waals surface area (Å²) >= 11 is 0. The van der Waals surface area contributed by atoms with E-state index in [4.69, 9.17) is 14.2 Å². The van der Waals surface area contributed by atoms with Crippen LogP contribution in [0.25, 0.3) is 5.76 Å². The molecule has 1 saturated heterocycles. The maximum atomic E-state index is 13.2. The molecule has 1 fully saturated rings. The normalized spacial score (nSPS) is 17.4. The van der Waals surface area contributed by atoms with Gasteiger partial charge in [0.05, 0.1) is 31.4 Å². The van der Waals surface area contributed by atoms with E-state index in [1.54, 1.807) is 42.5 Å². The molecule has 1 heterocycles. The Balaban J connectivity index is 2.12. The molecule has 1 atom stereocenters. The largest absolute Gasteiger partial charge is 0.507 e. The molecule has 0 bridgehead atoms. The van der Waals surface area contributed by atoms with E-state index in [2.05, 4.69) is 0 Å². The molecule has 1 N–H and O–H groups in total. The topological polar surface area (TPSA) is 88.5 Å². The fourth-order valence-electron chi connectivity index (χ4n) is 4.01. The first-order valence-electron chi connectivity index (χ1n) is 11.7. The lowest BCUT2D eigenvalue weighted by atomic mass is 9.95. The van der Waals surface area contributed by atoms with E-state index in [0.717, 1.165) is 0 Å². The predicted octanol–water partition coefficient (Wildman–Crippen LogP) is 3.86. The fraction of sp³-hybridized carbons (Fsp3) is 0.407. The van der Waals surface area contributed by atoms with Crippen molar-refractivity contribution < 1.29 is 28.9 Å². The zero-order chi connectivity index (χ0) is 25.7. The molecule has 1 amide bonds. The molecule has 0 aromatic heterocycles. The molecule has 0 spiro atoms. The molecule has 1 aliphatic rings. The van der Waals surface area contributed by atoms with Gasteiger partial charge in [-0.1, -0.05) is 6.07 Å². The standard InChI is InChI=1S/C27H34N2O6/c1-7-34-21-13-10-19(16-22(21)33-6)24-23(26(31)27(32)29(24)15-14-28(4)5)25(30)18-8-11-20(12-9-18)35-17(2)3/h8-13,16-17,24,30H,7,14-15H2,1-6H3/t24-/m1/s1. The predicted molar refractivity (Wildman–Crippen MR) is 134 cm³/mol. The minimum absolute atomic E-state index is 0.00566. The number of carbonyl (C=O) groups is 2. The molecule has 0 aliphatic carbocycles. The Morgan fingerprint density at radius 2 is 1.77 bits per heavy atom. The number of ketones is 1. The lowest BCUT2D eigenvalue weighted by Gasteiger charge is -2.27. The summed E-state index contributed by atoms with van der Waals surface area (Å²) in [5.41, 5.74) is 1.11. The number of aliphatic hydroxyl groups is 1. The minimum Gasteiger partial charge on any atom is -0.507 e. The zero-order valence-electron chi connectivity index (χ0n) is 21.2. The lowest BCUT2D eigenvalue weighted by Crippen LogP contribution is -2.35. The van der Waals surface area contributed by atoms with Gasteiger partial charge in [0.1, 0.15) is 11.5 Å². The van der Waals surface area contributed by atoms with Crippen LogP contribution < -0.4 is 14.2 Å². The van der Waals surface area contributed by atoms with Gasteiger partial charge in [0.25, 0.3) is 11.7 Å². The fourth-order valence-corrected chi connectivity index (χ4v) is 4.01. The van der Waals surface area contributed by atoms with Crippen molar-refractivity contribution in [3.63, 3.8) is 0 Å². The maximum absolute atomic E-state index is 13.2. The Kier molecular flexibility index (Phi) is 8.40. The molecule has 0 radical (unpaired) electrons. The molecule has 2 aromatic rings. The number of rotatable bonds is 10. The molecule has 8 nitrogen and oxygen atoms in total. The van der Waals surface area contributed by atoms with Gasteiger partial charge in [-0.05, 0) is 76.8 Å². The number of benzene rings is 2. The highest BCUT2D eigenvalue weighted by Gasteiger charge is 2.46. The van der Waals surface area contributed by atoms with E-state index in [1.165, 1.54) is 12.0 Å². The highest BCUT2D eigenvalue weighted by atomic mass is 16.5. The SMILES string of the molecule is CCOc1ccc([C@@H]2C(=C(O)c3ccc(OC(C)C)cc3)C(=O)C(=O)N2CCN(C)C)cc1OC. The first-order chi connectivity index (χ1) is 16.7. The summed E-state index contributed by atoms with van der Waals surface area (Å²) in [4.78, 5) is 29.7. The van der Waals surface area contributed by atoms with Crippen molar-refractivity contribution >= 4 is 17.4 Å². The number of nitrogens with zero attached hydrogens (tertiary/aromatic N) is 2. The third kappa shape index (κ3) is 5.77. The third-order valence-electron chi connectivity index (χ3n) is 5.63. The highest BCUT2D eigenvalue weighted by molar-refractivity contribution is 6.46. The van der Waals surface area contributed by atoms with Crippen LogP contribution in [0.2, 0.25) is 0 Å². The molecule has 188 valence electrons. The maximum Gasteiger partial charge on any atom is 0.295 e. The van der Waals surface area contributed by atoms with E-state index in [9.17, 15) is 14.7 Å². The Labute approximate surface area is 206 Å². The van der Waals surface area contributed by atoms with E-state index in [-0.39, 0.29) is 17.4 Å². The second-order valence-corrected chi connectivity index (χ2v) is 8.83. The number of aliphatic hydroxyl groups excluding tert-OH is 1. The number of methoxy groups -OCH3 is 1. The Bertz CT molecular complexity index is 1090. The average Bonchev–Trinajstić information content (AvgIpc) is 3.07. The van der Waals surface area contributed by atoms with Crippen LogP contribution >= 0.6 is 0 Å². The summed E-state index contributed by atoms with van der Waals surface area (Å²) < 4.78 is 16.8. The van der Waals surface area contributed by atoms with Crippen LogP contribution in [0.5, 0.6) is 17.2 Å². The Morgan fingerprint density at radius 1 is 1.09 bits per heavy atom. The number of hydrogen-bond acceptors (Lipinski definition) is 7. The van der Waals surface area contributed by atoms with Gasteiger partial charge in [0.15, 0.2) is 11.5 Å². The zero-order valence-corrected chi connectivity index (χ0v) is 21.2. The van der Waals surface area contributed by atoms with Gasteiger partial charge in [-0.3, -0.25) is 9.59 Å². The molecule has 3 rings (SSSR count). The Hall–Kier alpha value is -3.52. The van der Waals surface area contributed by atoms with Crippen molar-refractivity contribution in [1.82, 2.24) is 9.80 Å². The van der Waals surface area contributed by atoms with Crippen LogP contribution in [0.3, 0.4) is 0 Å². The van der Waals surface area contributed by atoms with Crippen molar-refractivity contribution in [2.45, 2.75) is 32.9 Å². The lowest BCUT2D eigenvalue weighted by molar-refractivity contribution is -0.140. The van der Waals surface area contributed by atoms with E-state index >= 15 is 0 Å². The molecule has 1 aliphatic heterocycles. The van der Waals surface area contributed by atoms with Crippen molar-refractivity contribution in [1.29, 1.82) is 0 Å². The quantitative estimate of drug-likeness (QED) is 0.312. The summed E-state index contributed by atoms with van der Waals surface area (Å²) in [6.45, 7) is 7.06. The monoisotopic (exact) mass is 482 g/mol. The summed E-state index contributed by atoms with van der Waals surface area (Å²) in [7, 11) is 5.32. The van der Waals surface area contributed by atoms with Crippen molar-refractivity contribution in [2.24, 2.45) is 0 Å². The summed E-state index contributed by atoms with van der Waals surface area (Å²) in [6.07, 6.45) is 0.00566. The molecular formula is C27H34N2O6. The van der Waals surface area contributed by atoms with Gasteiger partial charge in [-0.2, -0.15) is 0 Å². The number of likely N-dealkylation sites (tertiary alicyclic amines) is 1. The number of hydrogen-bond donors (Lipinski definition) is 1. The second kappa shape index (κ2) is 11.3. The van der Waals surface area contributed by atoms with Crippen LogP contribution in [0.15, 0.2) is 48.0 Å². The van der Waals surface area contributed by atoms with Gasteiger partial charge in [-0.25, -0.2) is 0 Å². The van der Waals surface area contributed by atoms with Crippen molar-refractivity contribution in [2.75, 3.05) is 40.9 Å². The van der Waals surface area contributed by atoms with Crippen LogP contribution in [0, 0.1) is 0 Å². The van der Waals surface area contributed by atoms with E-state index < -0.39 is 17.7 Å². The number of carbonyl (C=O) groups excluding carboxylic acids is 2. The number of amides is 1. The third-order valence-corrected chi connectivity index (χ3v) is 5.63. The van der Waals surface area contributed by atoms with Crippen molar-refractivity contribution in [3.05, 3.63) is 59.2 Å². The van der Waals surface area contributed by atoms with Gasteiger partial charge in [-0.15, -0.1) is 0 Å². The molecule has 0 saturated carbocycles. The van der Waals surface area contributed by atoms with Crippen LogP contribution in [0.4, 0.5) is 0 Å². The smallest absolute Gasteiger partial charge is 0.295 e. The van der Waals surface area contributed by atoms with Crippen molar-refractivity contribution in [3.8, 4) is 17.2 Å². The first-order valence-corrected chi connectivity index (χ1v) is 11.7. The molecular weight excluding hydrogens is 448 g/mol. The number of likely N-dealkylation sites (N-methyl/N-ethyl adjacent to an activating group) is 1. The number of ether oxygens (including phenoxy) is 3. The molecule has 8 heteroatoms. The summed E-state index contributed by atoms with van der Waals surface area (Å²) in [5.74, 6) is 0.0931. The second-order valence-electron chi connectivity index (χ2n) is 8.83. The Morgan fingerprint density at radius 3 is 2.34 bits per heavy atom. The minimum atomic E-state index is -0.772. The van der Waals surface area contributed by atoms with E-state index in [0.29, 0.717) is 48.1 Å². The average molecular weight is 483 g/mol. The highest BCUT2D eigenvalue weighted by Crippen LogP contribution is 2.42. The van der Waals surface area contributed by atoms with Gasteiger partial charge >= 0.3 is 0 Å². The summed E-state index contributed by atoms with van der Waals surface area (Å²) in [6, 6.07) is 11.3. The van der Waals surface area contributed by atoms with Gasteiger partial charge in [0, 0.05) is 18.7 Å². The van der Waals surface area contributed by atoms with E-state index in [1.807, 2.05) is 39.8 Å². The summed E-state index contributed by atoms with van der Waals surface area (Å²) in [5, 5.41) is 11.2. The van der Waals surface area contributed by atoms with Gasteiger partial charge in [0.2, 0.25) is 0 Å². The number of Topliss-reactive ketones (excluding diaryl/α,β-unsaturated/α-hetero) is 1. The first kappa shape index (κ1) is 26.1. The van der Waals surface area contributed by atoms with Crippen LogP contribution in [-0.4, -0.2) is 73.6 Å². The van der Waals surface area contributed by atoms with Gasteiger partial charge < -0.3 is 29.1 Å². The molecule has 2 aromatic carbocycles. The van der Waals surface area contributed by atoms with Crippen LogP contribution in [-0.2, 0) is 9.59 Å². The molecule has 0 unspecified atom stereocenters. The molecule has 35 heavy (non-hydrogen) atoms. The van der Waals surface area contributed by atoms with Crippen LogP contribution in [0.1, 0.15) is 37.9 Å².